The van der Waals surface area contributed by atoms with E-state index in [0.29, 0.717) is 38.3 Å². The SMILES string of the molecule is Cc1nc2ccccn2c1/C(O)=C1\C(=O)C(=O)N(c2nc3ccc(Cl)cc3s2)C1c1cccnc1. The van der Waals surface area contributed by atoms with Crippen molar-refractivity contribution >= 4 is 61.4 Å². The van der Waals surface area contributed by atoms with Crippen LogP contribution in [-0.4, -0.2) is 36.1 Å². The molecule has 0 saturated carbocycles. The number of benzene rings is 1. The predicted molar refractivity (Wildman–Crippen MR) is 134 cm³/mol. The van der Waals surface area contributed by atoms with Gasteiger partial charge in [0.15, 0.2) is 10.9 Å². The van der Waals surface area contributed by atoms with Gasteiger partial charge >= 0.3 is 5.91 Å². The van der Waals surface area contributed by atoms with E-state index in [4.69, 9.17) is 11.6 Å². The Morgan fingerprint density at radius 1 is 1.11 bits per heavy atom. The first kappa shape index (κ1) is 21.5. The summed E-state index contributed by atoms with van der Waals surface area (Å²) in [4.78, 5) is 41.4. The Balaban J connectivity index is 1.61. The first-order valence-corrected chi connectivity index (χ1v) is 11.8. The number of halogens is 1. The Bertz CT molecular complexity index is 1690. The number of aliphatic hydroxyl groups is 1. The van der Waals surface area contributed by atoms with Crippen LogP contribution in [0.5, 0.6) is 0 Å². The van der Waals surface area contributed by atoms with Crippen LogP contribution in [0.4, 0.5) is 5.13 Å². The number of anilines is 1. The van der Waals surface area contributed by atoms with E-state index >= 15 is 0 Å². The fourth-order valence-electron chi connectivity index (χ4n) is 4.40. The van der Waals surface area contributed by atoms with Crippen molar-refractivity contribution in [2.24, 2.45) is 0 Å². The number of hydrogen-bond acceptors (Lipinski definition) is 7. The lowest BCUT2D eigenvalue weighted by molar-refractivity contribution is -0.132. The van der Waals surface area contributed by atoms with Gasteiger partial charge in [-0.1, -0.05) is 35.1 Å². The minimum absolute atomic E-state index is 0.0472. The summed E-state index contributed by atoms with van der Waals surface area (Å²) in [7, 11) is 0. The Morgan fingerprint density at radius 3 is 2.77 bits per heavy atom. The molecule has 4 aromatic heterocycles. The van der Waals surface area contributed by atoms with Crippen molar-refractivity contribution in [3.63, 3.8) is 0 Å². The summed E-state index contributed by atoms with van der Waals surface area (Å²) >= 11 is 7.38. The maximum atomic E-state index is 13.4. The minimum Gasteiger partial charge on any atom is -0.505 e. The number of Topliss-reactive ketones (excluding diaryl/α,β-unsaturated/α-hetero) is 1. The number of carbonyl (C=O) groups excluding carboxylic acids is 2. The van der Waals surface area contributed by atoms with Gasteiger partial charge in [-0.2, -0.15) is 0 Å². The number of fused-ring (bicyclic) bond motifs is 2. The number of nitrogens with zero attached hydrogens (tertiary/aromatic N) is 5. The largest absolute Gasteiger partial charge is 0.505 e. The van der Waals surface area contributed by atoms with Crippen LogP contribution in [-0.2, 0) is 9.59 Å². The molecule has 1 atom stereocenters. The monoisotopic (exact) mass is 501 g/mol. The van der Waals surface area contributed by atoms with Gasteiger partial charge in [-0.15, -0.1) is 0 Å². The van der Waals surface area contributed by atoms with Gasteiger partial charge in [0, 0.05) is 23.6 Å². The molecule has 1 aliphatic heterocycles. The van der Waals surface area contributed by atoms with Crippen LogP contribution in [0, 0.1) is 6.92 Å². The van der Waals surface area contributed by atoms with Gasteiger partial charge in [0.2, 0.25) is 0 Å². The molecule has 0 aliphatic carbocycles. The summed E-state index contributed by atoms with van der Waals surface area (Å²) < 4.78 is 2.47. The molecule has 172 valence electrons. The Kier molecular flexibility index (Phi) is 4.91. The molecule has 5 aromatic rings. The molecule has 1 N–H and O–H groups in total. The molecule has 8 nitrogen and oxygen atoms in total. The normalized spacial score (nSPS) is 17.7. The molecular formula is C25H16ClN5O3S. The van der Waals surface area contributed by atoms with E-state index in [1.165, 1.54) is 16.2 Å². The third-order valence-corrected chi connectivity index (χ3v) is 7.17. The summed E-state index contributed by atoms with van der Waals surface area (Å²) in [5.74, 6) is -1.89. The van der Waals surface area contributed by atoms with E-state index in [9.17, 15) is 14.7 Å². The Morgan fingerprint density at radius 2 is 1.97 bits per heavy atom. The number of imidazole rings is 1. The number of aryl methyl sites for hydroxylation is 1. The van der Waals surface area contributed by atoms with Crippen molar-refractivity contribution in [3.05, 3.63) is 94.7 Å². The van der Waals surface area contributed by atoms with Crippen LogP contribution in [0.25, 0.3) is 21.6 Å². The van der Waals surface area contributed by atoms with E-state index in [2.05, 4.69) is 15.0 Å². The van der Waals surface area contributed by atoms with Gasteiger partial charge in [-0.25, -0.2) is 9.97 Å². The number of rotatable bonds is 3. The zero-order valence-corrected chi connectivity index (χ0v) is 19.8. The van der Waals surface area contributed by atoms with E-state index in [1.807, 2.05) is 6.07 Å². The maximum Gasteiger partial charge on any atom is 0.301 e. The number of hydrogen-bond donors (Lipinski definition) is 1. The van der Waals surface area contributed by atoms with Gasteiger partial charge in [-0.05, 0) is 48.9 Å². The first-order valence-electron chi connectivity index (χ1n) is 10.6. The standard InChI is InChI=1S/C25H16ClN5O3S/c1-13-20(30-10-3-2-6-18(30)28-13)22(32)19-21(14-5-4-9-27-12-14)31(24(34)23(19)33)25-29-16-8-7-15(26)11-17(16)35-25/h2-12,21,32H,1H3/b22-19+. The van der Waals surface area contributed by atoms with E-state index in [1.54, 1.807) is 72.4 Å². The second-order valence-electron chi connectivity index (χ2n) is 8.04. The molecule has 0 spiro atoms. The highest BCUT2D eigenvalue weighted by Gasteiger charge is 2.48. The number of aromatic nitrogens is 4. The van der Waals surface area contributed by atoms with Crippen molar-refractivity contribution in [2.75, 3.05) is 4.90 Å². The second-order valence-corrected chi connectivity index (χ2v) is 9.48. The number of aliphatic hydroxyl groups excluding tert-OH is 1. The molecule has 10 heteroatoms. The highest BCUT2D eigenvalue weighted by atomic mass is 35.5. The van der Waals surface area contributed by atoms with Gasteiger partial charge in [0.25, 0.3) is 5.78 Å². The van der Waals surface area contributed by atoms with Gasteiger partial charge in [0.1, 0.15) is 11.3 Å². The maximum absolute atomic E-state index is 13.4. The molecule has 0 radical (unpaired) electrons. The third-order valence-electron chi connectivity index (χ3n) is 5.92. The topological polar surface area (TPSA) is 101 Å². The summed E-state index contributed by atoms with van der Waals surface area (Å²) in [6.07, 6.45) is 4.92. The Hall–Kier alpha value is -4.08. The fraction of sp³-hybridized carbons (Fsp3) is 0.0800. The van der Waals surface area contributed by atoms with Crippen LogP contribution in [0.3, 0.4) is 0 Å². The molecule has 0 bridgehead atoms. The quantitative estimate of drug-likeness (QED) is 0.214. The smallest absolute Gasteiger partial charge is 0.301 e. The summed E-state index contributed by atoms with van der Waals surface area (Å²) in [6.45, 7) is 1.74. The van der Waals surface area contributed by atoms with Gasteiger partial charge in [-0.3, -0.25) is 23.9 Å². The molecule has 6 rings (SSSR count). The van der Waals surface area contributed by atoms with Crippen LogP contribution >= 0.6 is 22.9 Å². The van der Waals surface area contributed by atoms with E-state index in [-0.39, 0.29) is 11.3 Å². The third kappa shape index (κ3) is 3.31. The lowest BCUT2D eigenvalue weighted by Crippen LogP contribution is -2.29. The van der Waals surface area contributed by atoms with E-state index in [0.717, 1.165) is 4.70 Å². The zero-order chi connectivity index (χ0) is 24.3. The van der Waals surface area contributed by atoms with Crippen molar-refractivity contribution < 1.29 is 14.7 Å². The number of amides is 1. The molecule has 1 aromatic carbocycles. The second kappa shape index (κ2) is 8.00. The molecule has 1 unspecified atom stereocenters. The summed E-state index contributed by atoms with van der Waals surface area (Å²) in [5, 5.41) is 12.4. The van der Waals surface area contributed by atoms with Crippen LogP contribution in [0.2, 0.25) is 5.02 Å². The average molecular weight is 502 g/mol. The van der Waals surface area contributed by atoms with Gasteiger partial charge < -0.3 is 5.11 Å². The average Bonchev–Trinajstić information content (AvgIpc) is 3.50. The number of thiazole rings is 1. The van der Waals surface area contributed by atoms with Crippen LogP contribution in [0.15, 0.2) is 72.7 Å². The minimum atomic E-state index is -0.923. The lowest BCUT2D eigenvalue weighted by atomic mass is 9.97. The van der Waals surface area contributed by atoms with Crippen LogP contribution in [0.1, 0.15) is 23.0 Å². The summed E-state index contributed by atoms with van der Waals surface area (Å²) in [5.41, 5.74) is 2.66. The zero-order valence-electron chi connectivity index (χ0n) is 18.2. The molecular weight excluding hydrogens is 486 g/mol. The molecule has 1 amide bonds. The highest BCUT2D eigenvalue weighted by Crippen LogP contribution is 2.44. The van der Waals surface area contributed by atoms with Crippen molar-refractivity contribution in [2.45, 2.75) is 13.0 Å². The Labute approximate surface area is 207 Å². The molecule has 5 heterocycles. The molecule has 1 saturated heterocycles. The fourth-order valence-corrected chi connectivity index (χ4v) is 5.67. The number of carbonyl (C=O) groups is 2. The summed E-state index contributed by atoms with van der Waals surface area (Å²) in [6, 6.07) is 13.2. The highest BCUT2D eigenvalue weighted by molar-refractivity contribution is 7.22. The van der Waals surface area contributed by atoms with Crippen molar-refractivity contribution in [1.29, 1.82) is 0 Å². The number of ketones is 1. The first-order chi connectivity index (χ1) is 16.9. The van der Waals surface area contributed by atoms with Crippen molar-refractivity contribution in [3.8, 4) is 0 Å². The molecule has 35 heavy (non-hydrogen) atoms. The van der Waals surface area contributed by atoms with Crippen molar-refractivity contribution in [1.82, 2.24) is 19.4 Å². The van der Waals surface area contributed by atoms with Gasteiger partial charge in [0.05, 0.1) is 27.5 Å². The predicted octanol–water partition coefficient (Wildman–Crippen LogP) is 4.93. The van der Waals surface area contributed by atoms with Crippen LogP contribution < -0.4 is 4.90 Å². The lowest BCUT2D eigenvalue weighted by Gasteiger charge is -2.22. The molecule has 1 aliphatic rings. The number of pyridine rings is 2. The van der Waals surface area contributed by atoms with E-state index < -0.39 is 17.7 Å². The molecule has 1 fully saturated rings.